The average Bonchev–Trinajstić information content (AvgIpc) is 3.36. The van der Waals surface area contributed by atoms with Gasteiger partial charge in [-0.3, -0.25) is 14.9 Å². The Morgan fingerprint density at radius 2 is 1.74 bits per heavy atom. The molecule has 0 atom stereocenters. The third kappa shape index (κ3) is 8.08. The van der Waals surface area contributed by atoms with Crippen molar-refractivity contribution in [1.29, 1.82) is 0 Å². The third-order valence-electron chi connectivity index (χ3n) is 6.16. The molecule has 2 aromatic carbocycles. The SMILES string of the molecule is CC(C)CC(=O)N1CCN(c2ccc(NC(=S)NC(=O)/C=C/c3ccc(-c4ccc(Cl)cc4Cl)o3)cc2)CC1. The van der Waals surface area contributed by atoms with Gasteiger partial charge in [-0.1, -0.05) is 37.0 Å². The summed E-state index contributed by atoms with van der Waals surface area (Å²) in [4.78, 5) is 28.9. The number of benzene rings is 2. The highest BCUT2D eigenvalue weighted by Gasteiger charge is 2.21. The minimum atomic E-state index is -0.392. The zero-order valence-electron chi connectivity index (χ0n) is 21.7. The Morgan fingerprint density at radius 3 is 2.41 bits per heavy atom. The van der Waals surface area contributed by atoms with Crippen LogP contribution in [0.2, 0.25) is 10.0 Å². The molecule has 3 aromatic rings. The number of piperazine rings is 1. The van der Waals surface area contributed by atoms with Crippen molar-refractivity contribution in [3.05, 3.63) is 76.5 Å². The van der Waals surface area contributed by atoms with Gasteiger partial charge in [-0.15, -0.1) is 0 Å². The molecular formula is C29H30Cl2N4O3S. The van der Waals surface area contributed by atoms with E-state index in [9.17, 15) is 9.59 Å². The Kier molecular flexibility index (Phi) is 9.67. The summed E-state index contributed by atoms with van der Waals surface area (Å²) >= 11 is 17.5. The molecule has 1 aliphatic rings. The molecule has 0 bridgehead atoms. The fraction of sp³-hybridized carbons (Fsp3) is 0.276. The van der Waals surface area contributed by atoms with Crippen molar-refractivity contribution in [3.63, 3.8) is 0 Å². The monoisotopic (exact) mass is 584 g/mol. The van der Waals surface area contributed by atoms with Crippen LogP contribution in [0.5, 0.6) is 0 Å². The summed E-state index contributed by atoms with van der Waals surface area (Å²) in [5.74, 6) is 1.26. The first kappa shape index (κ1) is 28.7. The van der Waals surface area contributed by atoms with E-state index in [0.29, 0.717) is 39.5 Å². The highest BCUT2D eigenvalue weighted by molar-refractivity contribution is 7.80. The smallest absolute Gasteiger partial charge is 0.250 e. The fourth-order valence-electron chi connectivity index (χ4n) is 4.20. The number of carbonyl (C=O) groups excluding carboxylic acids is 2. The summed E-state index contributed by atoms with van der Waals surface area (Å²) in [5, 5.41) is 6.85. The van der Waals surface area contributed by atoms with Crippen molar-refractivity contribution in [3.8, 4) is 11.3 Å². The largest absolute Gasteiger partial charge is 0.457 e. The molecule has 1 fully saturated rings. The number of thiocarbonyl (C=S) groups is 1. The maximum atomic E-state index is 12.3. The van der Waals surface area contributed by atoms with E-state index < -0.39 is 5.91 Å². The van der Waals surface area contributed by atoms with Crippen molar-refractivity contribution in [2.24, 2.45) is 5.92 Å². The molecule has 2 heterocycles. The summed E-state index contributed by atoms with van der Waals surface area (Å²) in [6, 6.07) is 16.5. The van der Waals surface area contributed by atoms with E-state index in [2.05, 4.69) is 29.4 Å². The molecule has 0 aliphatic carbocycles. The quantitative estimate of drug-likeness (QED) is 0.244. The fourth-order valence-corrected chi connectivity index (χ4v) is 4.92. The second-order valence-corrected chi connectivity index (χ2v) is 10.9. The number of halogens is 2. The number of nitrogens with one attached hydrogen (secondary N) is 2. The van der Waals surface area contributed by atoms with E-state index in [-0.39, 0.29) is 11.0 Å². The number of rotatable bonds is 7. The van der Waals surface area contributed by atoms with Gasteiger partial charge in [0.1, 0.15) is 11.5 Å². The maximum absolute atomic E-state index is 12.3. The van der Waals surface area contributed by atoms with Crippen LogP contribution in [0.15, 0.2) is 65.1 Å². The number of hydrogen-bond donors (Lipinski definition) is 2. The highest BCUT2D eigenvalue weighted by atomic mass is 35.5. The topological polar surface area (TPSA) is 77.8 Å². The zero-order valence-corrected chi connectivity index (χ0v) is 24.1. The molecule has 2 N–H and O–H groups in total. The van der Waals surface area contributed by atoms with Gasteiger partial charge in [0.15, 0.2) is 5.11 Å². The Labute approximate surface area is 243 Å². The predicted molar refractivity (Wildman–Crippen MR) is 162 cm³/mol. The number of anilines is 2. The Bertz CT molecular complexity index is 1360. The molecule has 0 radical (unpaired) electrons. The van der Waals surface area contributed by atoms with E-state index in [4.69, 9.17) is 39.8 Å². The first-order valence-corrected chi connectivity index (χ1v) is 13.8. The van der Waals surface area contributed by atoms with Gasteiger partial charge in [0.2, 0.25) is 11.8 Å². The van der Waals surface area contributed by atoms with Crippen molar-refractivity contribution in [1.82, 2.24) is 10.2 Å². The van der Waals surface area contributed by atoms with Gasteiger partial charge < -0.3 is 19.5 Å². The standard InChI is InChI=1S/C29H30Cl2N4O3S/c1-19(2)17-28(37)35-15-13-34(14-16-35)22-6-4-21(5-7-22)32-29(39)33-27(36)12-9-23-8-11-26(38-23)24-10-3-20(30)18-25(24)31/h3-12,18-19H,13-17H2,1-2H3,(H2,32,33,36,39)/b12-9+. The average molecular weight is 586 g/mol. The van der Waals surface area contributed by atoms with E-state index in [1.165, 1.54) is 6.08 Å². The second-order valence-electron chi connectivity index (χ2n) is 9.62. The van der Waals surface area contributed by atoms with Gasteiger partial charge in [0, 0.05) is 60.6 Å². The first-order valence-electron chi connectivity index (χ1n) is 12.7. The molecule has 0 unspecified atom stereocenters. The number of furan rings is 1. The normalized spacial score (nSPS) is 13.7. The summed E-state index contributed by atoms with van der Waals surface area (Å²) in [7, 11) is 0. The van der Waals surface area contributed by atoms with E-state index in [1.807, 2.05) is 29.2 Å². The van der Waals surface area contributed by atoms with Gasteiger partial charge in [-0.25, -0.2) is 0 Å². The van der Waals surface area contributed by atoms with Crippen LogP contribution in [0.4, 0.5) is 11.4 Å². The highest BCUT2D eigenvalue weighted by Crippen LogP contribution is 2.31. The Hall–Kier alpha value is -3.33. The van der Waals surface area contributed by atoms with E-state index in [0.717, 1.165) is 37.6 Å². The van der Waals surface area contributed by atoms with Crippen LogP contribution in [0.3, 0.4) is 0 Å². The molecular weight excluding hydrogens is 555 g/mol. The zero-order chi connectivity index (χ0) is 27.9. The first-order chi connectivity index (χ1) is 18.7. The molecule has 0 saturated carbocycles. The lowest BCUT2D eigenvalue weighted by Gasteiger charge is -2.36. The summed E-state index contributed by atoms with van der Waals surface area (Å²) in [6.07, 6.45) is 3.49. The van der Waals surface area contributed by atoms with Gasteiger partial charge in [-0.2, -0.15) is 0 Å². The van der Waals surface area contributed by atoms with Gasteiger partial charge in [-0.05, 0) is 78.8 Å². The van der Waals surface area contributed by atoms with Crippen molar-refractivity contribution in [2.75, 3.05) is 36.4 Å². The van der Waals surface area contributed by atoms with Crippen LogP contribution in [0, 0.1) is 5.92 Å². The molecule has 7 nitrogen and oxygen atoms in total. The van der Waals surface area contributed by atoms with Gasteiger partial charge >= 0.3 is 0 Å². The molecule has 4 rings (SSSR count). The van der Waals surface area contributed by atoms with Crippen LogP contribution in [0.25, 0.3) is 17.4 Å². The number of carbonyl (C=O) groups is 2. The van der Waals surface area contributed by atoms with Gasteiger partial charge in [0.25, 0.3) is 0 Å². The molecule has 1 aromatic heterocycles. The van der Waals surface area contributed by atoms with Crippen LogP contribution >= 0.6 is 35.4 Å². The summed E-state index contributed by atoms with van der Waals surface area (Å²) in [5.41, 5.74) is 2.54. The maximum Gasteiger partial charge on any atom is 0.250 e. The van der Waals surface area contributed by atoms with Crippen LogP contribution in [0.1, 0.15) is 26.0 Å². The summed E-state index contributed by atoms with van der Waals surface area (Å²) < 4.78 is 5.77. The number of amides is 2. The second kappa shape index (κ2) is 13.2. The van der Waals surface area contributed by atoms with Crippen LogP contribution in [-0.2, 0) is 9.59 Å². The van der Waals surface area contributed by atoms with Crippen molar-refractivity contribution in [2.45, 2.75) is 20.3 Å². The number of hydrogen-bond acceptors (Lipinski definition) is 5. The predicted octanol–water partition coefficient (Wildman–Crippen LogP) is 6.47. The molecule has 0 spiro atoms. The van der Waals surface area contributed by atoms with Gasteiger partial charge in [0.05, 0.1) is 5.02 Å². The minimum Gasteiger partial charge on any atom is -0.457 e. The Balaban J connectivity index is 1.24. The van der Waals surface area contributed by atoms with E-state index in [1.54, 1.807) is 36.4 Å². The summed E-state index contributed by atoms with van der Waals surface area (Å²) in [6.45, 7) is 7.16. The molecule has 39 heavy (non-hydrogen) atoms. The minimum absolute atomic E-state index is 0.183. The molecule has 10 heteroatoms. The number of nitrogens with zero attached hydrogens (tertiary/aromatic N) is 2. The lowest BCUT2D eigenvalue weighted by molar-refractivity contribution is -0.132. The third-order valence-corrected chi connectivity index (χ3v) is 6.92. The molecule has 2 amide bonds. The van der Waals surface area contributed by atoms with Crippen molar-refractivity contribution >= 4 is 69.8 Å². The molecule has 1 saturated heterocycles. The van der Waals surface area contributed by atoms with Crippen LogP contribution < -0.4 is 15.5 Å². The molecule has 1 aliphatic heterocycles. The van der Waals surface area contributed by atoms with Crippen molar-refractivity contribution < 1.29 is 14.0 Å². The molecule has 204 valence electrons. The van der Waals surface area contributed by atoms with Crippen LogP contribution in [-0.4, -0.2) is 48.0 Å². The lowest BCUT2D eigenvalue weighted by Crippen LogP contribution is -2.49. The Morgan fingerprint density at radius 1 is 1.03 bits per heavy atom. The lowest BCUT2D eigenvalue weighted by atomic mass is 10.1. The van der Waals surface area contributed by atoms with E-state index >= 15 is 0 Å².